The van der Waals surface area contributed by atoms with Crippen LogP contribution in [0.3, 0.4) is 0 Å². The van der Waals surface area contributed by atoms with E-state index >= 15 is 0 Å². The van der Waals surface area contributed by atoms with Crippen LogP contribution >= 0.6 is 34.9 Å². The topological polar surface area (TPSA) is 203 Å². The van der Waals surface area contributed by atoms with E-state index in [0.29, 0.717) is 16.5 Å². The first-order valence-electron chi connectivity index (χ1n) is 11.4. The number of carboxylic acids is 1. The molecule has 15 nitrogen and oxygen atoms in total. The number of benzene rings is 1. The van der Waals surface area contributed by atoms with Crippen LogP contribution < -0.4 is 11.1 Å². The fraction of sp³-hybridized carbons (Fsp3) is 0.227. The van der Waals surface area contributed by atoms with Gasteiger partial charge in [0.2, 0.25) is 5.16 Å². The number of anilines is 1. The van der Waals surface area contributed by atoms with Crippen molar-refractivity contribution in [1.29, 1.82) is 0 Å². The van der Waals surface area contributed by atoms with Crippen molar-refractivity contribution in [2.24, 2.45) is 10.3 Å². The molecule has 0 bridgehead atoms. The van der Waals surface area contributed by atoms with Crippen molar-refractivity contribution in [1.82, 2.24) is 35.5 Å². The van der Waals surface area contributed by atoms with E-state index in [1.54, 1.807) is 6.21 Å². The minimum atomic E-state index is -1.25. The van der Waals surface area contributed by atoms with Crippen molar-refractivity contribution in [2.75, 3.05) is 24.3 Å². The van der Waals surface area contributed by atoms with Crippen LogP contribution in [0.25, 0.3) is 0 Å². The molecule has 1 aromatic carbocycles. The van der Waals surface area contributed by atoms with Gasteiger partial charge in [0, 0.05) is 16.9 Å². The molecule has 2 aliphatic heterocycles. The van der Waals surface area contributed by atoms with Gasteiger partial charge < -0.3 is 21.0 Å². The van der Waals surface area contributed by atoms with Gasteiger partial charge in [-0.3, -0.25) is 14.5 Å². The van der Waals surface area contributed by atoms with Crippen LogP contribution in [-0.2, 0) is 19.2 Å². The van der Waals surface area contributed by atoms with Gasteiger partial charge in [0.05, 0.1) is 6.21 Å². The highest BCUT2D eigenvalue weighted by Gasteiger charge is 2.54. The maximum Gasteiger partial charge on any atom is 0.352 e. The molecule has 0 radical (unpaired) electrons. The standard InChI is InChI=1S/C22H20N10O5S3/c1-37-28-14(13-10-39-21(23)25-13)17(33)26-15-18(34)31-16(20(35)36)12(8-38-19(15)31)9-40-22-27-29-30-32(22)24-7-11-5-3-2-4-6-11/h2-7,10,15,19H,8-9H2,1H3,(H2,23,25)(H,26,33)(H,35,36)/b24-7?,28-14-/t15-,19+/m1/s1. The Kier molecular flexibility index (Phi) is 8.08. The Balaban J connectivity index is 1.28. The summed E-state index contributed by atoms with van der Waals surface area (Å²) < 4.78 is 0. The first-order valence-corrected chi connectivity index (χ1v) is 14.3. The zero-order chi connectivity index (χ0) is 28.2. The van der Waals surface area contributed by atoms with Crippen molar-refractivity contribution in [2.45, 2.75) is 16.6 Å². The van der Waals surface area contributed by atoms with E-state index in [1.165, 1.54) is 45.7 Å². The first kappa shape index (κ1) is 27.3. The number of carbonyl (C=O) groups excluding carboxylic acids is 2. The summed E-state index contributed by atoms with van der Waals surface area (Å²) in [6.07, 6.45) is 1.60. The first-order chi connectivity index (χ1) is 19.4. The molecule has 18 heteroatoms. The maximum atomic E-state index is 13.1. The van der Waals surface area contributed by atoms with Gasteiger partial charge >= 0.3 is 5.97 Å². The SMILES string of the molecule is CO/N=C(\C(=O)N[C@@H]1C(=O)N2C(C(=O)O)=C(CSc3nnnn3N=Cc3ccccc3)CS[C@@H]12)c1csc(N)n1. The lowest BCUT2D eigenvalue weighted by molar-refractivity contribution is -0.150. The second-order valence-electron chi connectivity index (χ2n) is 8.11. The number of nitrogens with one attached hydrogen (secondary N) is 1. The molecular formula is C22H20N10O5S3. The minimum Gasteiger partial charge on any atom is -0.477 e. The Morgan fingerprint density at radius 1 is 1.35 bits per heavy atom. The molecule has 0 unspecified atom stereocenters. The number of aromatic nitrogens is 5. The van der Waals surface area contributed by atoms with E-state index < -0.39 is 29.2 Å². The van der Waals surface area contributed by atoms with E-state index in [2.05, 4.69) is 36.1 Å². The average molecular weight is 601 g/mol. The second-order valence-corrected chi connectivity index (χ2v) is 11.0. The lowest BCUT2D eigenvalue weighted by Gasteiger charge is -2.49. The molecule has 1 fully saturated rings. The molecule has 4 N–H and O–H groups in total. The van der Waals surface area contributed by atoms with E-state index in [-0.39, 0.29) is 28.0 Å². The zero-order valence-electron chi connectivity index (χ0n) is 20.6. The molecule has 2 aliphatic rings. The number of aliphatic carboxylic acids is 1. The molecule has 3 aromatic rings. The molecule has 2 amide bonds. The molecule has 2 atom stereocenters. The molecule has 1 saturated heterocycles. The number of carboxylic acid groups (broad SMARTS) is 1. The molecule has 0 spiro atoms. The van der Waals surface area contributed by atoms with Crippen LogP contribution in [-0.4, -0.2) is 95.0 Å². The van der Waals surface area contributed by atoms with Crippen LogP contribution in [0.2, 0.25) is 0 Å². The highest BCUT2D eigenvalue weighted by molar-refractivity contribution is 8.01. The Labute approximate surface area is 238 Å². The third kappa shape index (κ3) is 5.54. The minimum absolute atomic E-state index is 0.128. The van der Waals surface area contributed by atoms with Gasteiger partial charge in [-0.1, -0.05) is 52.3 Å². The predicted molar refractivity (Wildman–Crippen MR) is 148 cm³/mol. The van der Waals surface area contributed by atoms with E-state index in [9.17, 15) is 19.5 Å². The number of oxime groups is 1. The number of nitrogen functional groups attached to an aromatic ring is 1. The molecule has 4 heterocycles. The number of thiazole rings is 1. The Morgan fingerprint density at radius 2 is 2.15 bits per heavy atom. The molecule has 206 valence electrons. The van der Waals surface area contributed by atoms with Crippen molar-refractivity contribution in [3.63, 3.8) is 0 Å². The molecular weight excluding hydrogens is 581 g/mol. The second kappa shape index (κ2) is 11.8. The summed E-state index contributed by atoms with van der Waals surface area (Å²) >= 11 is 3.64. The fourth-order valence-electron chi connectivity index (χ4n) is 3.84. The summed E-state index contributed by atoms with van der Waals surface area (Å²) in [5, 5.41) is 33.5. The molecule has 2 aromatic heterocycles. The monoisotopic (exact) mass is 600 g/mol. The van der Waals surface area contributed by atoms with Crippen LogP contribution in [0.4, 0.5) is 5.13 Å². The van der Waals surface area contributed by atoms with Crippen LogP contribution in [0.15, 0.2) is 62.4 Å². The number of carbonyl (C=O) groups is 3. The summed E-state index contributed by atoms with van der Waals surface area (Å²) in [4.78, 5) is 49.4. The summed E-state index contributed by atoms with van der Waals surface area (Å²) in [7, 11) is 1.27. The molecule has 0 saturated carbocycles. The zero-order valence-corrected chi connectivity index (χ0v) is 23.0. The van der Waals surface area contributed by atoms with Crippen LogP contribution in [0, 0.1) is 0 Å². The van der Waals surface area contributed by atoms with Gasteiger partial charge in [-0.2, -0.15) is 5.10 Å². The summed E-state index contributed by atoms with van der Waals surface area (Å²) in [6.45, 7) is 0. The van der Waals surface area contributed by atoms with Gasteiger partial charge in [0.15, 0.2) is 10.8 Å². The van der Waals surface area contributed by atoms with Crippen molar-refractivity contribution >= 4 is 69.7 Å². The van der Waals surface area contributed by atoms with E-state index in [1.807, 2.05) is 30.3 Å². The van der Waals surface area contributed by atoms with Gasteiger partial charge in [0.25, 0.3) is 11.8 Å². The highest BCUT2D eigenvalue weighted by Crippen LogP contribution is 2.41. The Bertz CT molecular complexity index is 1540. The smallest absolute Gasteiger partial charge is 0.352 e. The lowest BCUT2D eigenvalue weighted by Crippen LogP contribution is -2.71. The maximum absolute atomic E-state index is 13.1. The normalized spacial score (nSPS) is 19.0. The predicted octanol–water partition coefficient (Wildman–Crippen LogP) is 0.475. The van der Waals surface area contributed by atoms with Gasteiger partial charge in [-0.15, -0.1) is 27.9 Å². The van der Waals surface area contributed by atoms with Crippen molar-refractivity contribution in [3.05, 3.63) is 58.2 Å². The number of β-lactam (4-membered cyclic amide) rings is 1. The van der Waals surface area contributed by atoms with Gasteiger partial charge in [0.1, 0.15) is 29.9 Å². The van der Waals surface area contributed by atoms with E-state index in [4.69, 9.17) is 10.6 Å². The number of nitrogens with zero attached hydrogens (tertiary/aromatic N) is 8. The van der Waals surface area contributed by atoms with Gasteiger partial charge in [-0.05, 0) is 21.6 Å². The number of hydrogen-bond acceptors (Lipinski definition) is 14. The third-order valence-corrected chi connectivity index (χ3v) is 8.63. The number of amides is 2. The largest absolute Gasteiger partial charge is 0.477 e. The fourth-order valence-corrected chi connectivity index (χ4v) is 6.70. The Morgan fingerprint density at radius 3 is 2.85 bits per heavy atom. The van der Waals surface area contributed by atoms with Crippen LogP contribution in [0.1, 0.15) is 11.3 Å². The van der Waals surface area contributed by atoms with Crippen LogP contribution in [0.5, 0.6) is 0 Å². The number of rotatable bonds is 10. The molecule has 0 aliphatic carbocycles. The van der Waals surface area contributed by atoms with Crippen molar-refractivity contribution in [3.8, 4) is 0 Å². The molecule has 40 heavy (non-hydrogen) atoms. The quantitative estimate of drug-likeness (QED) is 0.126. The van der Waals surface area contributed by atoms with Gasteiger partial charge in [-0.25, -0.2) is 9.78 Å². The average Bonchev–Trinajstić information content (AvgIpc) is 3.60. The number of hydrogen-bond donors (Lipinski definition) is 3. The number of thioether (sulfide) groups is 2. The summed E-state index contributed by atoms with van der Waals surface area (Å²) in [6, 6.07) is 8.43. The summed E-state index contributed by atoms with van der Waals surface area (Å²) in [5.74, 6) is -1.99. The number of tetrazole rings is 1. The molecule has 5 rings (SSSR count). The summed E-state index contributed by atoms with van der Waals surface area (Å²) in [5.41, 5.74) is 6.94. The Hall–Kier alpha value is -4.29. The highest BCUT2D eigenvalue weighted by atomic mass is 32.2. The third-order valence-electron chi connectivity index (χ3n) is 5.62. The number of nitrogens with two attached hydrogens (primary N) is 1. The van der Waals surface area contributed by atoms with Crippen molar-refractivity contribution < 1.29 is 24.3 Å². The lowest BCUT2D eigenvalue weighted by atomic mass is 10.0. The number of fused-ring (bicyclic) bond motifs is 1. The van der Waals surface area contributed by atoms with E-state index in [0.717, 1.165) is 16.9 Å².